The van der Waals surface area contributed by atoms with Gasteiger partial charge in [-0.3, -0.25) is 4.79 Å². The molecule has 26 heavy (non-hydrogen) atoms. The Morgan fingerprint density at radius 3 is 2.85 bits per heavy atom. The number of carbonyl (C=O) groups excluding carboxylic acids is 1. The molecule has 7 nitrogen and oxygen atoms in total. The minimum atomic E-state index is -0.382. The monoisotopic (exact) mass is 353 g/mol. The summed E-state index contributed by atoms with van der Waals surface area (Å²) in [6.45, 7) is 4.06. The van der Waals surface area contributed by atoms with Crippen LogP contribution in [0.1, 0.15) is 28.8 Å². The van der Waals surface area contributed by atoms with Crippen molar-refractivity contribution in [2.24, 2.45) is 0 Å². The van der Waals surface area contributed by atoms with Crippen LogP contribution in [0.4, 0.5) is 11.8 Å². The molecule has 1 aromatic heterocycles. The molecule has 0 atom stereocenters. The Morgan fingerprint density at radius 2 is 2.08 bits per heavy atom. The molecule has 2 N–H and O–H groups in total. The molecule has 0 unspecified atom stereocenters. The molecular weight excluding hydrogens is 330 g/mol. The van der Waals surface area contributed by atoms with Crippen molar-refractivity contribution in [1.82, 2.24) is 15.3 Å². The van der Waals surface area contributed by atoms with E-state index in [9.17, 15) is 4.79 Å². The van der Waals surface area contributed by atoms with Crippen LogP contribution in [0.15, 0.2) is 30.5 Å². The van der Waals surface area contributed by atoms with Crippen LogP contribution < -0.4 is 20.3 Å². The summed E-state index contributed by atoms with van der Waals surface area (Å²) in [5.41, 5.74) is 1.29. The van der Waals surface area contributed by atoms with Crippen molar-refractivity contribution >= 4 is 17.7 Å². The molecule has 0 bridgehead atoms. The second-order valence-electron chi connectivity index (χ2n) is 6.95. The zero-order valence-corrected chi connectivity index (χ0v) is 15.1. The van der Waals surface area contributed by atoms with Gasteiger partial charge in [-0.2, -0.15) is 4.98 Å². The molecule has 2 aliphatic heterocycles. The molecule has 0 radical (unpaired) electrons. The number of nitrogens with zero attached hydrogens (tertiary/aromatic N) is 3. The normalized spacial score (nSPS) is 18.5. The Kier molecular flexibility index (Phi) is 4.14. The number of aromatic nitrogens is 2. The van der Waals surface area contributed by atoms with Gasteiger partial charge in [0.1, 0.15) is 17.2 Å². The van der Waals surface area contributed by atoms with Crippen LogP contribution in [-0.2, 0) is 0 Å². The Morgan fingerprint density at radius 1 is 1.27 bits per heavy atom. The van der Waals surface area contributed by atoms with Crippen LogP contribution in [0, 0.1) is 6.92 Å². The molecule has 4 rings (SSSR count). The predicted octanol–water partition coefficient (Wildman–Crippen LogP) is 1.99. The maximum Gasteiger partial charge on any atom is 0.255 e. The number of fused-ring (bicyclic) bond motifs is 1. The number of ether oxygens (including phenoxy) is 1. The zero-order valence-electron chi connectivity index (χ0n) is 15.1. The molecule has 1 amide bonds. The number of nitrogens with one attached hydrogen (secondary N) is 2. The molecule has 1 aromatic carbocycles. The second-order valence-corrected chi connectivity index (χ2v) is 6.95. The van der Waals surface area contributed by atoms with Crippen LogP contribution in [0.25, 0.3) is 0 Å². The minimum Gasteiger partial charge on any atom is -0.484 e. The number of benzene rings is 1. The molecule has 2 aliphatic rings. The fourth-order valence-corrected chi connectivity index (χ4v) is 3.55. The molecule has 1 spiro atoms. The molecule has 0 aliphatic carbocycles. The van der Waals surface area contributed by atoms with Crippen molar-refractivity contribution < 1.29 is 9.53 Å². The van der Waals surface area contributed by atoms with Gasteiger partial charge >= 0.3 is 0 Å². The summed E-state index contributed by atoms with van der Waals surface area (Å²) >= 11 is 0. The summed E-state index contributed by atoms with van der Waals surface area (Å²) in [6, 6.07) is 7.62. The highest BCUT2D eigenvalue weighted by atomic mass is 16.5. The van der Waals surface area contributed by atoms with Crippen molar-refractivity contribution in [3.63, 3.8) is 0 Å². The van der Waals surface area contributed by atoms with Crippen molar-refractivity contribution in [3.8, 4) is 5.75 Å². The van der Waals surface area contributed by atoms with Gasteiger partial charge in [-0.25, -0.2) is 4.98 Å². The highest BCUT2D eigenvalue weighted by Gasteiger charge is 2.40. The van der Waals surface area contributed by atoms with Gasteiger partial charge in [-0.1, -0.05) is 11.6 Å². The first-order valence-corrected chi connectivity index (χ1v) is 8.92. The van der Waals surface area contributed by atoms with Gasteiger partial charge in [0, 0.05) is 39.2 Å². The third-order valence-electron chi connectivity index (χ3n) is 5.13. The number of piperidine rings is 1. The lowest BCUT2D eigenvalue weighted by atomic mass is 9.91. The van der Waals surface area contributed by atoms with Crippen molar-refractivity contribution in [2.45, 2.75) is 25.4 Å². The number of anilines is 2. The number of hydrogen-bond acceptors (Lipinski definition) is 6. The number of carbonyl (C=O) groups is 1. The number of rotatable bonds is 2. The summed E-state index contributed by atoms with van der Waals surface area (Å²) < 4.78 is 6.38. The van der Waals surface area contributed by atoms with Gasteiger partial charge < -0.3 is 20.3 Å². The van der Waals surface area contributed by atoms with E-state index in [0.29, 0.717) is 17.9 Å². The van der Waals surface area contributed by atoms with Gasteiger partial charge in [0.15, 0.2) is 0 Å². The van der Waals surface area contributed by atoms with E-state index < -0.39 is 0 Å². The quantitative estimate of drug-likeness (QED) is 0.860. The number of aryl methyl sites for hydroxylation is 1. The molecule has 2 aromatic rings. The van der Waals surface area contributed by atoms with Crippen molar-refractivity contribution in [3.05, 3.63) is 41.6 Å². The molecule has 1 saturated heterocycles. The van der Waals surface area contributed by atoms with Gasteiger partial charge in [-0.15, -0.1) is 0 Å². The standard InChI is InChI=1S/C19H23N5O2/c1-13-3-4-15-14(11-13)17(25)22-12-19(26-15)6-9-24(10-7-19)18-21-8-5-16(20-2)23-18/h3-5,8,11H,6-7,9-10,12H2,1-2H3,(H,22,25)(H,20,21,23). The Bertz CT molecular complexity index is 830. The summed E-state index contributed by atoms with van der Waals surface area (Å²) in [4.78, 5) is 23.5. The maximum atomic E-state index is 12.4. The number of amides is 1. The van der Waals surface area contributed by atoms with Gasteiger partial charge in [0.05, 0.1) is 12.1 Å². The van der Waals surface area contributed by atoms with E-state index in [1.807, 2.05) is 38.2 Å². The molecule has 0 saturated carbocycles. The lowest BCUT2D eigenvalue weighted by Crippen LogP contribution is -2.53. The fraction of sp³-hybridized carbons (Fsp3) is 0.421. The summed E-state index contributed by atoms with van der Waals surface area (Å²) in [6.07, 6.45) is 3.36. The zero-order chi connectivity index (χ0) is 18.1. The minimum absolute atomic E-state index is 0.0620. The van der Waals surface area contributed by atoms with Gasteiger partial charge in [-0.05, 0) is 25.1 Å². The van der Waals surface area contributed by atoms with Crippen molar-refractivity contribution in [2.75, 3.05) is 36.9 Å². The van der Waals surface area contributed by atoms with E-state index in [1.165, 1.54) is 0 Å². The lowest BCUT2D eigenvalue weighted by Gasteiger charge is -2.41. The van der Waals surface area contributed by atoms with Crippen LogP contribution in [0.2, 0.25) is 0 Å². The third kappa shape index (κ3) is 3.05. The Hall–Kier alpha value is -2.83. The van der Waals surface area contributed by atoms with E-state index in [-0.39, 0.29) is 11.5 Å². The highest BCUT2D eigenvalue weighted by molar-refractivity contribution is 5.97. The fourth-order valence-electron chi connectivity index (χ4n) is 3.55. The van der Waals surface area contributed by atoms with Crippen LogP contribution in [0.5, 0.6) is 5.75 Å². The SMILES string of the molecule is CNc1ccnc(N2CCC3(CC2)CNC(=O)c2cc(C)ccc2O3)n1. The molecule has 1 fully saturated rings. The third-order valence-corrected chi connectivity index (χ3v) is 5.13. The predicted molar refractivity (Wildman–Crippen MR) is 99.9 cm³/mol. The summed E-state index contributed by atoms with van der Waals surface area (Å²) in [7, 11) is 1.85. The largest absolute Gasteiger partial charge is 0.484 e. The van der Waals surface area contributed by atoms with Crippen LogP contribution in [-0.4, -0.2) is 48.2 Å². The maximum absolute atomic E-state index is 12.4. The Balaban J connectivity index is 1.53. The van der Waals surface area contributed by atoms with E-state index in [0.717, 1.165) is 43.3 Å². The van der Waals surface area contributed by atoms with Crippen LogP contribution >= 0.6 is 0 Å². The topological polar surface area (TPSA) is 79.4 Å². The highest BCUT2D eigenvalue weighted by Crippen LogP contribution is 2.34. The smallest absolute Gasteiger partial charge is 0.255 e. The van der Waals surface area contributed by atoms with E-state index in [4.69, 9.17) is 4.74 Å². The molecular formula is C19H23N5O2. The molecule has 3 heterocycles. The van der Waals surface area contributed by atoms with Gasteiger partial charge in [0.25, 0.3) is 5.91 Å². The first-order valence-electron chi connectivity index (χ1n) is 8.92. The summed E-state index contributed by atoms with van der Waals surface area (Å²) in [5.74, 6) is 2.14. The lowest BCUT2D eigenvalue weighted by molar-refractivity contribution is 0.0470. The first kappa shape index (κ1) is 16.6. The second kappa shape index (κ2) is 6.48. The van der Waals surface area contributed by atoms with E-state index in [1.54, 1.807) is 6.20 Å². The van der Waals surface area contributed by atoms with Crippen LogP contribution in [0.3, 0.4) is 0 Å². The average Bonchev–Trinajstić information content (AvgIpc) is 2.80. The molecule has 7 heteroatoms. The van der Waals surface area contributed by atoms with Gasteiger partial charge in [0.2, 0.25) is 5.95 Å². The average molecular weight is 353 g/mol. The van der Waals surface area contributed by atoms with Crippen molar-refractivity contribution in [1.29, 1.82) is 0 Å². The number of hydrogen-bond donors (Lipinski definition) is 2. The Labute approximate surface area is 152 Å². The van der Waals surface area contributed by atoms with E-state index >= 15 is 0 Å². The van der Waals surface area contributed by atoms with E-state index in [2.05, 4.69) is 25.5 Å². The summed E-state index contributed by atoms with van der Waals surface area (Å²) in [5, 5.41) is 6.08. The molecule has 136 valence electrons. The first-order chi connectivity index (χ1) is 12.6.